The number of amides is 1. The normalized spacial score (nSPS) is 16.1. The van der Waals surface area contributed by atoms with E-state index in [4.69, 9.17) is 16.8 Å². The Labute approximate surface area is 130 Å². The van der Waals surface area contributed by atoms with E-state index in [-0.39, 0.29) is 5.91 Å². The van der Waals surface area contributed by atoms with Crippen LogP contribution in [0.25, 0.3) is 0 Å². The number of hydrogen-bond donors (Lipinski definition) is 1. The summed E-state index contributed by atoms with van der Waals surface area (Å²) in [5.41, 5.74) is 2.12. The molecule has 1 amide bonds. The summed E-state index contributed by atoms with van der Waals surface area (Å²) in [7, 11) is 0. The molecule has 0 saturated heterocycles. The zero-order chi connectivity index (χ0) is 15.2. The van der Waals surface area contributed by atoms with Gasteiger partial charge in [0.05, 0.1) is 11.4 Å². The molecule has 0 saturated carbocycles. The third-order valence-corrected chi connectivity index (χ3v) is 4.03. The zero-order valence-electron chi connectivity index (χ0n) is 12.3. The van der Waals surface area contributed by atoms with Gasteiger partial charge in [-0.3, -0.25) is 4.79 Å². The third-order valence-electron chi connectivity index (χ3n) is 3.80. The first-order chi connectivity index (χ1) is 10.2. The number of carbonyl (C=O) groups excluding carboxylic acids is 1. The molecule has 21 heavy (non-hydrogen) atoms. The molecule has 2 rings (SSSR count). The number of nitrogens with zero attached hydrogens (tertiary/aromatic N) is 2. The molecule has 4 nitrogen and oxygen atoms in total. The fourth-order valence-corrected chi connectivity index (χ4v) is 2.82. The van der Waals surface area contributed by atoms with Crippen LogP contribution in [0.2, 0.25) is 5.02 Å². The Balaban J connectivity index is 2.14. The molecule has 0 radical (unpaired) electrons. The first-order valence-electron chi connectivity index (χ1n) is 7.48. The number of benzene rings is 1. The molecule has 5 heteroatoms. The van der Waals surface area contributed by atoms with Crippen molar-refractivity contribution < 1.29 is 10.0 Å². The minimum absolute atomic E-state index is 0.131. The highest BCUT2D eigenvalue weighted by Gasteiger charge is 2.26. The van der Waals surface area contributed by atoms with Gasteiger partial charge in [-0.25, -0.2) is 0 Å². The van der Waals surface area contributed by atoms with Crippen molar-refractivity contribution in [3.05, 3.63) is 28.8 Å². The number of halogens is 1. The molecular weight excluding hydrogens is 288 g/mol. The van der Waals surface area contributed by atoms with Crippen molar-refractivity contribution in [3.8, 4) is 0 Å². The van der Waals surface area contributed by atoms with Crippen LogP contribution < -0.4 is 4.90 Å². The van der Waals surface area contributed by atoms with Crippen LogP contribution in [-0.2, 0) is 4.79 Å². The van der Waals surface area contributed by atoms with Crippen molar-refractivity contribution in [1.82, 2.24) is 0 Å². The van der Waals surface area contributed by atoms with Crippen LogP contribution in [0.3, 0.4) is 0 Å². The average Bonchev–Trinajstić information content (AvgIpc) is 2.50. The Hall–Kier alpha value is -1.55. The minimum atomic E-state index is 0.131. The van der Waals surface area contributed by atoms with E-state index in [1.165, 1.54) is 6.42 Å². The number of hydrogen-bond acceptors (Lipinski definition) is 3. The first-order valence-corrected chi connectivity index (χ1v) is 7.86. The number of anilines is 1. The molecule has 0 aromatic heterocycles. The van der Waals surface area contributed by atoms with Crippen molar-refractivity contribution >= 4 is 28.9 Å². The Bertz CT molecular complexity index is 543. The van der Waals surface area contributed by atoms with Gasteiger partial charge in [0.15, 0.2) is 0 Å². The van der Waals surface area contributed by atoms with Gasteiger partial charge in [-0.2, -0.15) is 0 Å². The lowest BCUT2D eigenvalue weighted by atomic mass is 9.99. The monoisotopic (exact) mass is 308 g/mol. The van der Waals surface area contributed by atoms with Crippen LogP contribution in [0, 0.1) is 0 Å². The summed E-state index contributed by atoms with van der Waals surface area (Å²) in [4.78, 5) is 14.2. The highest BCUT2D eigenvalue weighted by Crippen LogP contribution is 2.30. The molecule has 0 atom stereocenters. The molecule has 1 aromatic rings. The van der Waals surface area contributed by atoms with Gasteiger partial charge in [0.1, 0.15) is 0 Å². The second-order valence-corrected chi connectivity index (χ2v) is 5.75. The smallest absolute Gasteiger partial charge is 0.227 e. The summed E-state index contributed by atoms with van der Waals surface area (Å²) >= 11 is 6.00. The largest absolute Gasteiger partial charge is 0.411 e. The van der Waals surface area contributed by atoms with Gasteiger partial charge in [-0.05, 0) is 24.6 Å². The van der Waals surface area contributed by atoms with Gasteiger partial charge in [0, 0.05) is 30.0 Å². The molecule has 1 aromatic carbocycles. The summed E-state index contributed by atoms with van der Waals surface area (Å²) in [6.07, 6.45) is 5.45. The maximum absolute atomic E-state index is 12.4. The highest BCUT2D eigenvalue weighted by atomic mass is 35.5. The second kappa shape index (κ2) is 7.46. The maximum Gasteiger partial charge on any atom is 0.227 e. The molecule has 0 spiro atoms. The van der Waals surface area contributed by atoms with E-state index in [1.54, 1.807) is 17.0 Å². The lowest BCUT2D eigenvalue weighted by molar-refractivity contribution is -0.118. The average molecular weight is 309 g/mol. The minimum Gasteiger partial charge on any atom is -0.411 e. The Morgan fingerprint density at radius 1 is 1.38 bits per heavy atom. The molecule has 1 aliphatic heterocycles. The SMILES string of the molecule is CCCCCCC(=O)N1CCC(=NO)c2cc(Cl)ccc21. The van der Waals surface area contributed by atoms with Gasteiger partial charge >= 0.3 is 0 Å². The fraction of sp³-hybridized carbons (Fsp3) is 0.500. The quantitative estimate of drug-likeness (QED) is 0.503. The molecule has 0 bridgehead atoms. The molecule has 1 N–H and O–H groups in total. The second-order valence-electron chi connectivity index (χ2n) is 5.31. The van der Waals surface area contributed by atoms with Crippen molar-refractivity contribution in [1.29, 1.82) is 0 Å². The Morgan fingerprint density at radius 3 is 2.90 bits per heavy atom. The van der Waals surface area contributed by atoms with E-state index in [0.29, 0.717) is 30.1 Å². The van der Waals surface area contributed by atoms with Crippen LogP contribution in [0.5, 0.6) is 0 Å². The summed E-state index contributed by atoms with van der Waals surface area (Å²) in [6.45, 7) is 2.71. The van der Waals surface area contributed by atoms with Crippen LogP contribution in [-0.4, -0.2) is 23.4 Å². The number of unbranched alkanes of at least 4 members (excludes halogenated alkanes) is 3. The van der Waals surface area contributed by atoms with Gasteiger partial charge in [0.2, 0.25) is 5.91 Å². The number of fused-ring (bicyclic) bond motifs is 1. The predicted octanol–water partition coefficient (Wildman–Crippen LogP) is 4.23. The van der Waals surface area contributed by atoms with Crippen LogP contribution in [0.1, 0.15) is 51.0 Å². The number of rotatable bonds is 5. The highest BCUT2D eigenvalue weighted by molar-refractivity contribution is 6.31. The van der Waals surface area contributed by atoms with Crippen LogP contribution >= 0.6 is 11.6 Å². The van der Waals surface area contributed by atoms with Gasteiger partial charge < -0.3 is 10.1 Å². The first kappa shape index (κ1) is 15.8. The van der Waals surface area contributed by atoms with E-state index < -0.39 is 0 Å². The molecule has 1 heterocycles. The lowest BCUT2D eigenvalue weighted by Crippen LogP contribution is -2.37. The number of carbonyl (C=O) groups is 1. The maximum atomic E-state index is 12.4. The van der Waals surface area contributed by atoms with Gasteiger partial charge in [0.25, 0.3) is 0 Å². The zero-order valence-corrected chi connectivity index (χ0v) is 13.1. The molecule has 0 aliphatic carbocycles. The topological polar surface area (TPSA) is 52.9 Å². The van der Waals surface area contributed by atoms with E-state index in [1.807, 2.05) is 6.07 Å². The van der Waals surface area contributed by atoms with E-state index in [2.05, 4.69) is 12.1 Å². The van der Waals surface area contributed by atoms with Gasteiger partial charge in [-0.15, -0.1) is 0 Å². The fourth-order valence-electron chi connectivity index (χ4n) is 2.65. The van der Waals surface area contributed by atoms with E-state index in [0.717, 1.165) is 30.5 Å². The van der Waals surface area contributed by atoms with Crippen molar-refractivity contribution in [2.45, 2.75) is 45.4 Å². The Kier molecular flexibility index (Phi) is 5.62. The summed E-state index contributed by atoms with van der Waals surface area (Å²) in [6, 6.07) is 5.34. The number of oxime groups is 1. The predicted molar refractivity (Wildman–Crippen MR) is 85.5 cm³/mol. The summed E-state index contributed by atoms with van der Waals surface area (Å²) in [5, 5.41) is 13.0. The summed E-state index contributed by atoms with van der Waals surface area (Å²) in [5.74, 6) is 0.131. The molecule has 0 unspecified atom stereocenters. The standard InChI is InChI=1S/C16H21ClN2O2/c1-2-3-4-5-6-16(20)19-10-9-14(18-21)13-11-12(17)7-8-15(13)19/h7-8,11,21H,2-6,9-10H2,1H3. The molecular formula is C16H21ClN2O2. The van der Waals surface area contributed by atoms with Crippen molar-refractivity contribution in [2.75, 3.05) is 11.4 Å². The van der Waals surface area contributed by atoms with E-state index >= 15 is 0 Å². The van der Waals surface area contributed by atoms with Gasteiger partial charge in [-0.1, -0.05) is 42.9 Å². The third kappa shape index (κ3) is 3.76. The molecule has 114 valence electrons. The van der Waals surface area contributed by atoms with Crippen molar-refractivity contribution in [2.24, 2.45) is 5.16 Å². The summed E-state index contributed by atoms with van der Waals surface area (Å²) < 4.78 is 0. The molecule has 1 aliphatic rings. The molecule has 0 fully saturated rings. The van der Waals surface area contributed by atoms with E-state index in [9.17, 15) is 4.79 Å². The van der Waals surface area contributed by atoms with Crippen molar-refractivity contribution in [3.63, 3.8) is 0 Å². The lowest BCUT2D eigenvalue weighted by Gasteiger charge is -2.30. The van der Waals surface area contributed by atoms with Crippen LogP contribution in [0.15, 0.2) is 23.4 Å². The van der Waals surface area contributed by atoms with Crippen LogP contribution in [0.4, 0.5) is 5.69 Å². The Morgan fingerprint density at radius 2 is 2.19 bits per heavy atom.